The van der Waals surface area contributed by atoms with Crippen molar-refractivity contribution >= 4 is 45.4 Å². The fourth-order valence-electron chi connectivity index (χ4n) is 9.38. The van der Waals surface area contributed by atoms with Crippen LogP contribution in [0.15, 0.2) is 58.0 Å². The van der Waals surface area contributed by atoms with Crippen molar-refractivity contribution in [1.82, 2.24) is 30.4 Å². The highest BCUT2D eigenvalue weighted by atomic mass is 16.5. The van der Waals surface area contributed by atoms with Gasteiger partial charge >= 0.3 is 0 Å². The Morgan fingerprint density at radius 1 is 0.655 bits per heavy atom. The third-order valence-corrected chi connectivity index (χ3v) is 13.0. The molecule has 0 bridgehead atoms. The van der Waals surface area contributed by atoms with E-state index in [1.807, 2.05) is 43.6 Å². The largest absolute Gasteiger partial charge is 0.464 e. The van der Waals surface area contributed by atoms with E-state index >= 15 is 0 Å². The maximum Gasteiger partial charge on any atom is 0.222 e. The number of fused-ring (bicyclic) bond motifs is 2. The number of ether oxygens (including phenoxy) is 1. The second-order valence-electron chi connectivity index (χ2n) is 16.8. The van der Waals surface area contributed by atoms with Gasteiger partial charge in [0.15, 0.2) is 0 Å². The minimum Gasteiger partial charge on any atom is -0.464 e. The SMILES string of the molecule is CCC(=O)NC1CCC(CCN2CCN(c3nccc4occc34)CC2)CC1.COCCC(=O)NC1CCC(CCN2CCN(c3nccc4occc34)CC2)CC1. The van der Waals surface area contributed by atoms with Crippen molar-refractivity contribution in [2.45, 2.75) is 96.1 Å². The Bertz CT molecular complexity index is 1850. The lowest BCUT2D eigenvalue weighted by Crippen LogP contribution is -2.47. The Hall–Kier alpha value is -4.20. The third-order valence-electron chi connectivity index (χ3n) is 13.0. The lowest BCUT2D eigenvalue weighted by molar-refractivity contribution is -0.123. The number of methoxy groups -OCH3 is 1. The summed E-state index contributed by atoms with van der Waals surface area (Å²) in [5.41, 5.74) is 1.83. The number of amides is 2. The lowest BCUT2D eigenvalue weighted by atomic mass is 9.84. The molecule has 0 unspecified atom stereocenters. The van der Waals surface area contributed by atoms with E-state index in [0.717, 1.165) is 123 Å². The van der Waals surface area contributed by atoms with Crippen LogP contribution in [-0.2, 0) is 14.3 Å². The van der Waals surface area contributed by atoms with Crippen LogP contribution in [0.4, 0.5) is 11.6 Å². The first-order chi connectivity index (χ1) is 28.4. The van der Waals surface area contributed by atoms with Crippen LogP contribution >= 0.6 is 0 Å². The standard InChI is InChI=1S/C23H34N4O3.C22H32N4O2/c1-29-16-9-22(28)25-19-4-2-18(3-5-19)7-11-26-12-14-27(15-13-26)23-20-8-17-30-21(20)6-10-24-23;1-2-21(27)24-18-5-3-17(4-6-18)8-11-25-12-14-26(15-13-25)22-19-9-16-28-20(19)7-10-23-22/h6,8,10,17-19H,2-5,7,9,11-16H2,1H3,(H,25,28);7,9-10,16-18H,2-6,8,11-15H2,1H3,(H,24,27). The van der Waals surface area contributed by atoms with Gasteiger partial charge in [0.2, 0.25) is 11.8 Å². The number of pyridine rings is 2. The number of rotatable bonds is 14. The van der Waals surface area contributed by atoms with Crippen LogP contribution in [0.25, 0.3) is 21.9 Å². The van der Waals surface area contributed by atoms with Crippen molar-refractivity contribution in [3.63, 3.8) is 0 Å². The zero-order valence-electron chi connectivity index (χ0n) is 34.9. The van der Waals surface area contributed by atoms with Gasteiger partial charge in [-0.1, -0.05) is 6.92 Å². The van der Waals surface area contributed by atoms with E-state index in [-0.39, 0.29) is 11.8 Å². The molecule has 4 aromatic heterocycles. The van der Waals surface area contributed by atoms with E-state index in [9.17, 15) is 9.59 Å². The summed E-state index contributed by atoms with van der Waals surface area (Å²) in [5.74, 6) is 4.02. The minimum absolute atomic E-state index is 0.124. The average molecular weight is 799 g/mol. The molecule has 4 aliphatic rings. The summed E-state index contributed by atoms with van der Waals surface area (Å²) in [6.45, 7) is 13.2. The molecular weight excluding hydrogens is 733 g/mol. The van der Waals surface area contributed by atoms with E-state index in [1.165, 1.54) is 51.6 Å². The normalized spacial score (nSPS) is 23.4. The van der Waals surface area contributed by atoms with E-state index in [1.54, 1.807) is 19.6 Å². The number of furan rings is 2. The molecule has 13 nitrogen and oxygen atoms in total. The van der Waals surface area contributed by atoms with Crippen molar-refractivity contribution in [3.05, 3.63) is 49.2 Å². The molecule has 4 fully saturated rings. The first-order valence-corrected chi connectivity index (χ1v) is 22.1. The molecule has 0 radical (unpaired) electrons. The number of hydrogen-bond donors (Lipinski definition) is 2. The molecule has 13 heteroatoms. The molecule has 2 aliphatic carbocycles. The summed E-state index contributed by atoms with van der Waals surface area (Å²) in [5, 5.41) is 8.54. The van der Waals surface area contributed by atoms with Gasteiger partial charge in [0.25, 0.3) is 0 Å². The highest BCUT2D eigenvalue weighted by molar-refractivity contribution is 5.89. The smallest absolute Gasteiger partial charge is 0.222 e. The first-order valence-electron chi connectivity index (χ1n) is 22.1. The molecular formula is C45H66N8O5. The van der Waals surface area contributed by atoms with E-state index < -0.39 is 0 Å². The van der Waals surface area contributed by atoms with Gasteiger partial charge in [-0.2, -0.15) is 0 Å². The van der Waals surface area contributed by atoms with Crippen LogP contribution < -0.4 is 20.4 Å². The summed E-state index contributed by atoms with van der Waals surface area (Å²) < 4.78 is 16.0. The van der Waals surface area contributed by atoms with Crippen molar-refractivity contribution in [2.24, 2.45) is 11.8 Å². The summed E-state index contributed by atoms with van der Waals surface area (Å²) in [4.78, 5) is 42.6. The van der Waals surface area contributed by atoms with Gasteiger partial charge in [-0.15, -0.1) is 0 Å². The van der Waals surface area contributed by atoms with Crippen molar-refractivity contribution in [3.8, 4) is 0 Å². The van der Waals surface area contributed by atoms with Crippen LogP contribution in [0.3, 0.4) is 0 Å². The predicted octanol–water partition coefficient (Wildman–Crippen LogP) is 6.48. The molecule has 2 saturated carbocycles. The Kier molecular flexibility index (Phi) is 15.3. The van der Waals surface area contributed by atoms with Gasteiger partial charge < -0.3 is 34.0 Å². The molecule has 58 heavy (non-hydrogen) atoms. The minimum atomic E-state index is 0.124. The third kappa shape index (κ3) is 11.5. The predicted molar refractivity (Wildman–Crippen MR) is 229 cm³/mol. The molecule has 0 atom stereocenters. The van der Waals surface area contributed by atoms with Crippen molar-refractivity contribution in [1.29, 1.82) is 0 Å². The van der Waals surface area contributed by atoms with E-state index in [0.29, 0.717) is 31.5 Å². The Morgan fingerprint density at radius 3 is 1.53 bits per heavy atom. The van der Waals surface area contributed by atoms with Crippen molar-refractivity contribution in [2.75, 3.05) is 89.0 Å². The van der Waals surface area contributed by atoms with Crippen LogP contribution in [0.1, 0.15) is 84.0 Å². The zero-order chi connectivity index (χ0) is 40.1. The number of anilines is 2. The number of nitrogens with zero attached hydrogens (tertiary/aromatic N) is 6. The average Bonchev–Trinajstić information content (AvgIpc) is 3.97. The van der Waals surface area contributed by atoms with E-state index in [4.69, 9.17) is 13.6 Å². The molecule has 2 aliphatic heterocycles. The quantitative estimate of drug-likeness (QED) is 0.145. The molecule has 316 valence electrons. The number of carbonyl (C=O) groups is 2. The number of hydrogen-bond acceptors (Lipinski definition) is 11. The molecule has 0 spiro atoms. The number of carbonyl (C=O) groups excluding carboxylic acids is 2. The summed E-state index contributed by atoms with van der Waals surface area (Å²) in [7, 11) is 1.63. The fraction of sp³-hybridized carbons (Fsp3) is 0.644. The second-order valence-corrected chi connectivity index (χ2v) is 16.8. The molecule has 4 aromatic rings. The second kappa shape index (κ2) is 21.2. The maximum absolute atomic E-state index is 11.9. The van der Waals surface area contributed by atoms with Gasteiger partial charge in [-0.25, -0.2) is 9.97 Å². The highest BCUT2D eigenvalue weighted by Crippen LogP contribution is 2.31. The van der Waals surface area contributed by atoms with Crippen molar-refractivity contribution < 1.29 is 23.2 Å². The Morgan fingerprint density at radius 2 is 1.10 bits per heavy atom. The van der Waals surface area contributed by atoms with E-state index in [2.05, 4.69) is 40.2 Å². The van der Waals surface area contributed by atoms with Gasteiger partial charge in [0.05, 0.1) is 29.9 Å². The van der Waals surface area contributed by atoms with Gasteiger partial charge in [-0.05, 0) is 113 Å². The highest BCUT2D eigenvalue weighted by Gasteiger charge is 2.26. The maximum atomic E-state index is 11.9. The summed E-state index contributed by atoms with van der Waals surface area (Å²) in [6, 6.07) is 8.65. The van der Waals surface area contributed by atoms with Crippen LogP contribution in [-0.4, -0.2) is 123 Å². The molecule has 8 rings (SSSR count). The van der Waals surface area contributed by atoms with Gasteiger partial charge in [-0.3, -0.25) is 19.4 Å². The number of aromatic nitrogens is 2. The Labute approximate surface area is 344 Å². The number of nitrogens with one attached hydrogen (secondary N) is 2. The summed E-state index contributed by atoms with van der Waals surface area (Å²) in [6.07, 6.45) is 20.2. The van der Waals surface area contributed by atoms with Crippen LogP contribution in [0.2, 0.25) is 0 Å². The molecule has 6 heterocycles. The monoisotopic (exact) mass is 799 g/mol. The zero-order valence-corrected chi connectivity index (χ0v) is 34.9. The lowest BCUT2D eigenvalue weighted by Gasteiger charge is -2.37. The molecule has 2 N–H and O–H groups in total. The molecule has 0 aromatic carbocycles. The first kappa shape index (κ1) is 41.9. The van der Waals surface area contributed by atoms with Gasteiger partial charge in [0, 0.05) is 96.8 Å². The van der Waals surface area contributed by atoms with Gasteiger partial charge in [0.1, 0.15) is 22.8 Å². The topological polar surface area (TPSA) is 132 Å². The fourth-order valence-corrected chi connectivity index (χ4v) is 9.38. The summed E-state index contributed by atoms with van der Waals surface area (Å²) >= 11 is 0. The Balaban J connectivity index is 0.000000177. The van der Waals surface area contributed by atoms with Crippen LogP contribution in [0.5, 0.6) is 0 Å². The molecule has 2 saturated heterocycles. The van der Waals surface area contributed by atoms with Crippen LogP contribution in [0, 0.1) is 11.8 Å². The number of piperazine rings is 2. The molecule has 2 amide bonds.